The predicted molar refractivity (Wildman–Crippen MR) is 111 cm³/mol. The first kappa shape index (κ1) is 21.1. The third kappa shape index (κ3) is 3.95. The standard InChI is InChI=1S/C22H19F2N5O4/c1-12-6-7-25-19-17(12)20(30)29(11-26-19)10-16-27-18(28-33-16)13-8-22(31,9-13)14-2-4-15(5-3-14)32-21(23)24/h2-7,11,13,21,31H,8-10H2,1H3/t13-,22+. The molecule has 0 bridgehead atoms. The Morgan fingerprint density at radius 1 is 1.24 bits per heavy atom. The third-order valence-corrected chi connectivity index (χ3v) is 5.87. The highest BCUT2D eigenvalue weighted by Gasteiger charge is 2.46. The van der Waals surface area contributed by atoms with Crippen molar-refractivity contribution in [1.29, 1.82) is 0 Å². The Morgan fingerprint density at radius 2 is 2.00 bits per heavy atom. The first-order valence-corrected chi connectivity index (χ1v) is 10.2. The minimum atomic E-state index is -2.90. The molecule has 3 aromatic heterocycles. The fourth-order valence-electron chi connectivity index (χ4n) is 4.10. The second kappa shape index (κ2) is 8.00. The maximum atomic E-state index is 12.8. The zero-order chi connectivity index (χ0) is 23.2. The largest absolute Gasteiger partial charge is 0.435 e. The summed E-state index contributed by atoms with van der Waals surface area (Å²) < 4.78 is 35.6. The van der Waals surface area contributed by atoms with Crippen molar-refractivity contribution in [3.05, 3.63) is 76.1 Å². The first-order chi connectivity index (χ1) is 15.8. The van der Waals surface area contributed by atoms with Gasteiger partial charge >= 0.3 is 6.61 Å². The molecule has 1 aliphatic rings. The molecule has 1 aliphatic carbocycles. The lowest BCUT2D eigenvalue weighted by Crippen LogP contribution is -2.40. The molecular formula is C22H19F2N5O4. The van der Waals surface area contributed by atoms with E-state index in [-0.39, 0.29) is 29.7 Å². The van der Waals surface area contributed by atoms with Crippen LogP contribution in [-0.2, 0) is 12.1 Å². The fraction of sp³-hybridized carbons (Fsp3) is 0.318. The summed E-state index contributed by atoms with van der Waals surface area (Å²) in [4.78, 5) is 25.5. The molecule has 3 heterocycles. The number of hydrogen-bond acceptors (Lipinski definition) is 8. The van der Waals surface area contributed by atoms with E-state index in [0.29, 0.717) is 35.3 Å². The van der Waals surface area contributed by atoms with Crippen molar-refractivity contribution < 1.29 is 23.1 Å². The van der Waals surface area contributed by atoms with E-state index in [1.807, 2.05) is 6.92 Å². The smallest absolute Gasteiger partial charge is 0.387 e. The van der Waals surface area contributed by atoms with Crippen LogP contribution in [0.5, 0.6) is 5.75 Å². The lowest BCUT2D eigenvalue weighted by Gasteiger charge is -2.42. The van der Waals surface area contributed by atoms with Crippen LogP contribution in [-0.4, -0.2) is 36.4 Å². The third-order valence-electron chi connectivity index (χ3n) is 5.87. The van der Waals surface area contributed by atoms with Crippen molar-refractivity contribution in [1.82, 2.24) is 24.7 Å². The summed E-state index contributed by atoms with van der Waals surface area (Å²) in [6.45, 7) is -1.02. The molecule has 1 saturated carbocycles. The summed E-state index contributed by atoms with van der Waals surface area (Å²) in [6, 6.07) is 7.66. The van der Waals surface area contributed by atoms with Gasteiger partial charge in [-0.25, -0.2) is 9.97 Å². The molecule has 170 valence electrons. The van der Waals surface area contributed by atoms with E-state index in [2.05, 4.69) is 24.8 Å². The Kier molecular flexibility index (Phi) is 5.12. The number of nitrogens with zero attached hydrogens (tertiary/aromatic N) is 5. The van der Waals surface area contributed by atoms with Crippen molar-refractivity contribution in [3.63, 3.8) is 0 Å². The number of ether oxygens (including phenoxy) is 1. The number of halogens is 2. The molecule has 0 amide bonds. The summed E-state index contributed by atoms with van der Waals surface area (Å²) in [5.41, 5.74) is 0.397. The van der Waals surface area contributed by atoms with Gasteiger partial charge in [-0.2, -0.15) is 13.8 Å². The summed E-state index contributed by atoms with van der Waals surface area (Å²) in [5, 5.41) is 15.3. The molecule has 5 rings (SSSR count). The molecule has 1 N–H and O–H groups in total. The van der Waals surface area contributed by atoms with Gasteiger partial charge in [-0.1, -0.05) is 17.3 Å². The van der Waals surface area contributed by atoms with E-state index in [1.54, 1.807) is 24.4 Å². The van der Waals surface area contributed by atoms with E-state index in [0.717, 1.165) is 5.56 Å². The Bertz CT molecular complexity index is 1360. The summed E-state index contributed by atoms with van der Waals surface area (Å²) in [7, 11) is 0. The molecule has 33 heavy (non-hydrogen) atoms. The molecule has 1 fully saturated rings. The van der Waals surface area contributed by atoms with E-state index in [4.69, 9.17) is 4.52 Å². The zero-order valence-electron chi connectivity index (χ0n) is 17.5. The van der Waals surface area contributed by atoms with Crippen LogP contribution in [0.3, 0.4) is 0 Å². The maximum Gasteiger partial charge on any atom is 0.387 e. The van der Waals surface area contributed by atoms with Gasteiger partial charge in [0.1, 0.15) is 18.6 Å². The van der Waals surface area contributed by atoms with Crippen molar-refractivity contribution in [2.24, 2.45) is 0 Å². The number of aliphatic hydroxyl groups is 1. The highest BCUT2D eigenvalue weighted by atomic mass is 19.3. The Balaban J connectivity index is 1.28. The number of pyridine rings is 1. The molecule has 11 heteroatoms. The van der Waals surface area contributed by atoms with E-state index in [1.165, 1.54) is 23.0 Å². The monoisotopic (exact) mass is 455 g/mol. The van der Waals surface area contributed by atoms with Crippen LogP contribution in [0.1, 0.15) is 41.6 Å². The zero-order valence-corrected chi connectivity index (χ0v) is 17.5. The predicted octanol–water partition coefficient (Wildman–Crippen LogP) is 2.90. The van der Waals surface area contributed by atoms with Crippen LogP contribution in [0.25, 0.3) is 11.0 Å². The Labute approximate surface area is 185 Å². The van der Waals surface area contributed by atoms with Gasteiger partial charge in [0.25, 0.3) is 5.56 Å². The average molecular weight is 455 g/mol. The van der Waals surface area contributed by atoms with Crippen LogP contribution in [0.2, 0.25) is 0 Å². The van der Waals surface area contributed by atoms with Gasteiger partial charge in [0.2, 0.25) is 5.89 Å². The SMILES string of the molecule is Cc1ccnc2ncn(Cc3nc([C@H]4C[C@](O)(c5ccc(OC(F)F)cc5)C4)no3)c(=O)c12. The first-order valence-electron chi connectivity index (χ1n) is 10.2. The van der Waals surface area contributed by atoms with Gasteiger partial charge in [-0.3, -0.25) is 9.36 Å². The molecule has 0 atom stereocenters. The lowest BCUT2D eigenvalue weighted by atomic mass is 9.67. The molecule has 0 unspecified atom stereocenters. The average Bonchev–Trinajstić information content (AvgIpc) is 3.22. The van der Waals surface area contributed by atoms with Crippen molar-refractivity contribution in [2.45, 2.75) is 44.4 Å². The van der Waals surface area contributed by atoms with Crippen LogP contribution in [0.4, 0.5) is 8.78 Å². The molecule has 0 aliphatic heterocycles. The van der Waals surface area contributed by atoms with Crippen LogP contribution in [0, 0.1) is 6.92 Å². The number of fused-ring (bicyclic) bond motifs is 1. The second-order valence-corrected chi connectivity index (χ2v) is 8.09. The highest BCUT2D eigenvalue weighted by Crippen LogP contribution is 2.50. The number of alkyl halides is 2. The second-order valence-electron chi connectivity index (χ2n) is 8.09. The number of rotatable bonds is 6. The topological polar surface area (TPSA) is 116 Å². The minimum absolute atomic E-state index is 0.0282. The normalized spacial score (nSPS) is 20.2. The molecular weight excluding hydrogens is 436 g/mol. The maximum absolute atomic E-state index is 12.8. The van der Waals surface area contributed by atoms with Gasteiger partial charge in [-0.15, -0.1) is 0 Å². The van der Waals surface area contributed by atoms with Crippen molar-refractivity contribution in [2.75, 3.05) is 0 Å². The van der Waals surface area contributed by atoms with E-state index in [9.17, 15) is 18.7 Å². The number of aromatic nitrogens is 5. The van der Waals surface area contributed by atoms with Gasteiger partial charge in [0.05, 0.1) is 11.0 Å². The van der Waals surface area contributed by atoms with Crippen LogP contribution >= 0.6 is 0 Å². The van der Waals surface area contributed by atoms with Gasteiger partial charge in [-0.05, 0) is 49.1 Å². The highest BCUT2D eigenvalue weighted by molar-refractivity contribution is 5.76. The van der Waals surface area contributed by atoms with Crippen molar-refractivity contribution >= 4 is 11.0 Å². The number of benzene rings is 1. The Hall–Kier alpha value is -3.73. The minimum Gasteiger partial charge on any atom is -0.435 e. The fourth-order valence-corrected chi connectivity index (χ4v) is 4.10. The van der Waals surface area contributed by atoms with Crippen LogP contribution in [0.15, 0.2) is 52.2 Å². The van der Waals surface area contributed by atoms with Crippen LogP contribution < -0.4 is 10.3 Å². The molecule has 0 spiro atoms. The van der Waals surface area contributed by atoms with Gasteiger partial charge in [0, 0.05) is 12.1 Å². The molecule has 0 saturated heterocycles. The number of hydrogen-bond donors (Lipinski definition) is 1. The molecule has 4 aromatic rings. The summed E-state index contributed by atoms with van der Waals surface area (Å²) in [6.07, 6.45) is 3.70. The quantitative estimate of drug-likeness (QED) is 0.472. The van der Waals surface area contributed by atoms with E-state index < -0.39 is 12.2 Å². The number of aryl methyl sites for hydroxylation is 1. The van der Waals surface area contributed by atoms with Crippen molar-refractivity contribution in [3.8, 4) is 5.75 Å². The molecule has 9 nitrogen and oxygen atoms in total. The molecule has 0 radical (unpaired) electrons. The Morgan fingerprint density at radius 3 is 2.73 bits per heavy atom. The van der Waals surface area contributed by atoms with Gasteiger partial charge < -0.3 is 14.4 Å². The van der Waals surface area contributed by atoms with E-state index >= 15 is 0 Å². The van der Waals surface area contributed by atoms with Gasteiger partial charge in [0.15, 0.2) is 11.5 Å². The summed E-state index contributed by atoms with van der Waals surface area (Å²) >= 11 is 0. The lowest BCUT2D eigenvalue weighted by molar-refractivity contribution is -0.0579. The molecule has 1 aromatic carbocycles. The summed E-state index contributed by atoms with van der Waals surface area (Å²) in [5.74, 6) is 0.577.